The van der Waals surface area contributed by atoms with Gasteiger partial charge >= 0.3 is 12.1 Å². The van der Waals surface area contributed by atoms with Gasteiger partial charge in [-0.05, 0) is 11.6 Å². The molecule has 1 aromatic heterocycles. The largest absolute Gasteiger partial charge is 0.455 e. The minimum Gasteiger partial charge on any atom is -0.319 e. The van der Waals surface area contributed by atoms with Crippen LogP contribution in [0.4, 0.5) is 22.0 Å². The van der Waals surface area contributed by atoms with Crippen molar-refractivity contribution >= 4 is 24.0 Å². The van der Waals surface area contributed by atoms with Crippen LogP contribution in [0.5, 0.6) is 0 Å². The summed E-state index contributed by atoms with van der Waals surface area (Å²) in [7, 11) is 0. The van der Waals surface area contributed by atoms with Gasteiger partial charge < -0.3 is 5.73 Å². The fourth-order valence-corrected chi connectivity index (χ4v) is 1.25. The Bertz CT molecular complexity index is 382. The van der Waals surface area contributed by atoms with Crippen LogP contribution in [-0.2, 0) is 0 Å². The molecule has 0 bridgehead atoms. The summed E-state index contributed by atoms with van der Waals surface area (Å²) in [5.74, 6) is -5.04. The molecule has 0 saturated heterocycles. The van der Waals surface area contributed by atoms with E-state index in [0.717, 1.165) is 18.5 Å². The lowest BCUT2D eigenvalue weighted by Gasteiger charge is -2.26. The maximum absolute atomic E-state index is 12.9. The first-order chi connectivity index (χ1) is 7.18. The smallest absolute Gasteiger partial charge is 0.319 e. The minimum atomic E-state index is -5.72. The normalized spacial score (nSPS) is 14.1. The molecule has 0 unspecified atom stereocenters. The molecule has 1 aromatic rings. The van der Waals surface area contributed by atoms with Crippen molar-refractivity contribution in [1.29, 1.82) is 0 Å². The van der Waals surface area contributed by atoms with Crippen molar-refractivity contribution in [1.82, 2.24) is 4.98 Å². The SMILES string of the molecule is Cl.N[C@H](c1ccncc1Cl)C(F)(F)C(F)(F)F. The van der Waals surface area contributed by atoms with Crippen LogP contribution < -0.4 is 5.73 Å². The number of aromatic nitrogens is 1. The van der Waals surface area contributed by atoms with Crippen LogP contribution in [0.25, 0.3) is 0 Å². The Balaban J connectivity index is 0.00000256. The van der Waals surface area contributed by atoms with Crippen LogP contribution in [0.2, 0.25) is 5.02 Å². The Kier molecular flexibility index (Phi) is 5.12. The van der Waals surface area contributed by atoms with E-state index in [2.05, 4.69) is 4.98 Å². The number of nitrogens with zero attached hydrogens (tertiary/aromatic N) is 1. The van der Waals surface area contributed by atoms with Crippen LogP contribution in [0.3, 0.4) is 0 Å². The average molecular weight is 297 g/mol. The first-order valence-corrected chi connectivity index (χ1v) is 4.35. The third-order valence-electron chi connectivity index (χ3n) is 1.91. The molecule has 0 amide bonds. The van der Waals surface area contributed by atoms with E-state index in [1.807, 2.05) is 0 Å². The minimum absolute atomic E-state index is 0. The Morgan fingerprint density at radius 1 is 1.24 bits per heavy atom. The van der Waals surface area contributed by atoms with Crippen molar-refractivity contribution in [3.63, 3.8) is 0 Å². The number of alkyl halides is 5. The zero-order valence-electron chi connectivity index (χ0n) is 8.01. The van der Waals surface area contributed by atoms with Gasteiger partial charge in [0.2, 0.25) is 0 Å². The summed E-state index contributed by atoms with van der Waals surface area (Å²) in [5.41, 5.74) is 4.38. The molecule has 17 heavy (non-hydrogen) atoms. The van der Waals surface area contributed by atoms with Crippen LogP contribution >= 0.6 is 24.0 Å². The standard InChI is InChI=1S/C8H6ClF5N2.ClH/c9-5-3-16-2-1-4(5)6(15)7(10,11)8(12,13)14;/h1-3,6H,15H2;1H/t6-;/m1./s1. The predicted molar refractivity (Wildman–Crippen MR) is 54.4 cm³/mol. The van der Waals surface area contributed by atoms with Gasteiger partial charge in [-0.15, -0.1) is 12.4 Å². The number of rotatable bonds is 2. The van der Waals surface area contributed by atoms with Gasteiger partial charge in [-0.25, -0.2) is 0 Å². The highest BCUT2D eigenvalue weighted by atomic mass is 35.5. The highest BCUT2D eigenvalue weighted by Gasteiger charge is 2.62. The third kappa shape index (κ3) is 3.17. The number of nitrogens with two attached hydrogens (primary N) is 1. The summed E-state index contributed by atoms with van der Waals surface area (Å²) in [6.07, 6.45) is -3.74. The molecule has 0 saturated carbocycles. The van der Waals surface area contributed by atoms with Gasteiger partial charge in [-0.2, -0.15) is 22.0 Å². The number of hydrogen-bond donors (Lipinski definition) is 1. The summed E-state index contributed by atoms with van der Waals surface area (Å²) in [5, 5.41) is -0.334. The van der Waals surface area contributed by atoms with Crippen LogP contribution in [0, 0.1) is 0 Å². The second kappa shape index (κ2) is 5.32. The quantitative estimate of drug-likeness (QED) is 0.850. The molecule has 1 rings (SSSR count). The molecule has 1 heterocycles. The van der Waals surface area contributed by atoms with E-state index >= 15 is 0 Å². The molecule has 0 fully saturated rings. The Hall–Kier alpha value is -0.660. The summed E-state index contributed by atoms with van der Waals surface area (Å²) in [6, 6.07) is -1.63. The zero-order valence-corrected chi connectivity index (χ0v) is 9.58. The van der Waals surface area contributed by atoms with Crippen LogP contribution in [-0.4, -0.2) is 17.1 Å². The van der Waals surface area contributed by atoms with Crippen LogP contribution in [0.1, 0.15) is 11.6 Å². The van der Waals surface area contributed by atoms with E-state index in [0.29, 0.717) is 0 Å². The number of hydrogen-bond acceptors (Lipinski definition) is 2. The molecular weight excluding hydrogens is 290 g/mol. The molecule has 0 aliphatic rings. The molecule has 1 atom stereocenters. The summed E-state index contributed by atoms with van der Waals surface area (Å²) in [4.78, 5) is 3.46. The Labute approximate surface area is 104 Å². The van der Waals surface area contributed by atoms with Gasteiger partial charge in [-0.3, -0.25) is 4.98 Å². The van der Waals surface area contributed by atoms with E-state index in [9.17, 15) is 22.0 Å². The van der Waals surface area contributed by atoms with Gasteiger partial charge in [0.05, 0.1) is 5.02 Å². The lowest BCUT2D eigenvalue weighted by atomic mass is 10.0. The molecule has 2 nitrogen and oxygen atoms in total. The molecule has 2 N–H and O–H groups in total. The van der Waals surface area contributed by atoms with Crippen molar-refractivity contribution in [3.8, 4) is 0 Å². The van der Waals surface area contributed by atoms with Crippen LogP contribution in [0.15, 0.2) is 18.5 Å². The maximum atomic E-state index is 12.9. The second-order valence-electron chi connectivity index (χ2n) is 3.00. The molecular formula is C8H7Cl2F5N2. The summed E-state index contributed by atoms with van der Waals surface area (Å²) >= 11 is 5.43. The van der Waals surface area contributed by atoms with Crippen molar-refractivity contribution in [3.05, 3.63) is 29.0 Å². The Morgan fingerprint density at radius 2 is 1.76 bits per heavy atom. The van der Waals surface area contributed by atoms with Crippen molar-refractivity contribution in [2.24, 2.45) is 5.73 Å². The fraction of sp³-hybridized carbons (Fsp3) is 0.375. The number of pyridine rings is 1. The molecule has 98 valence electrons. The van der Waals surface area contributed by atoms with Gasteiger partial charge in [0.1, 0.15) is 6.04 Å². The molecule has 0 aliphatic heterocycles. The van der Waals surface area contributed by atoms with E-state index in [1.165, 1.54) is 0 Å². The van der Waals surface area contributed by atoms with E-state index in [1.54, 1.807) is 0 Å². The van der Waals surface area contributed by atoms with Gasteiger partial charge in [-0.1, -0.05) is 11.6 Å². The van der Waals surface area contributed by atoms with E-state index < -0.39 is 23.7 Å². The van der Waals surface area contributed by atoms with Crippen molar-refractivity contribution in [2.75, 3.05) is 0 Å². The second-order valence-corrected chi connectivity index (χ2v) is 3.40. The summed E-state index contributed by atoms with van der Waals surface area (Å²) in [6.45, 7) is 0. The maximum Gasteiger partial charge on any atom is 0.455 e. The molecule has 0 aromatic carbocycles. The molecule has 0 spiro atoms. The fourth-order valence-electron chi connectivity index (χ4n) is 1.01. The van der Waals surface area contributed by atoms with E-state index in [4.69, 9.17) is 17.3 Å². The van der Waals surface area contributed by atoms with Crippen molar-refractivity contribution in [2.45, 2.75) is 18.1 Å². The summed E-state index contributed by atoms with van der Waals surface area (Å²) < 4.78 is 61.8. The first kappa shape index (κ1) is 16.3. The Morgan fingerprint density at radius 3 is 2.18 bits per heavy atom. The predicted octanol–water partition coefficient (Wildman–Crippen LogP) is 3.35. The van der Waals surface area contributed by atoms with Gasteiger partial charge in [0, 0.05) is 12.4 Å². The van der Waals surface area contributed by atoms with Crippen molar-refractivity contribution < 1.29 is 22.0 Å². The molecule has 0 aliphatic carbocycles. The molecule has 9 heteroatoms. The highest BCUT2D eigenvalue weighted by molar-refractivity contribution is 6.31. The van der Waals surface area contributed by atoms with Gasteiger partial charge in [0.15, 0.2) is 0 Å². The average Bonchev–Trinajstić information content (AvgIpc) is 2.15. The van der Waals surface area contributed by atoms with E-state index in [-0.39, 0.29) is 17.4 Å². The first-order valence-electron chi connectivity index (χ1n) is 3.97. The lowest BCUT2D eigenvalue weighted by Crippen LogP contribution is -2.45. The monoisotopic (exact) mass is 296 g/mol. The van der Waals surface area contributed by atoms with Gasteiger partial charge in [0.25, 0.3) is 0 Å². The number of halogens is 7. The third-order valence-corrected chi connectivity index (χ3v) is 2.22. The molecule has 0 radical (unpaired) electrons. The highest BCUT2D eigenvalue weighted by Crippen LogP contribution is 2.44. The lowest BCUT2D eigenvalue weighted by molar-refractivity contribution is -0.290. The topological polar surface area (TPSA) is 38.9 Å². The zero-order chi connectivity index (χ0) is 12.6.